The van der Waals surface area contributed by atoms with Gasteiger partial charge >= 0.3 is 0 Å². The summed E-state index contributed by atoms with van der Waals surface area (Å²) in [4.78, 5) is 21.9. The van der Waals surface area contributed by atoms with Crippen LogP contribution in [0.1, 0.15) is 0 Å². The third-order valence-corrected chi connectivity index (χ3v) is 6.24. The molecule has 0 atom stereocenters. The number of nitrogens with one attached hydrogen (secondary N) is 1. The number of aryl methyl sites for hydroxylation is 1. The van der Waals surface area contributed by atoms with Crippen LogP contribution in [0.4, 0.5) is 0 Å². The predicted octanol–water partition coefficient (Wildman–Crippen LogP) is 4.37. The van der Waals surface area contributed by atoms with Crippen molar-refractivity contribution >= 4 is 22.1 Å². The molecule has 1 aliphatic rings. The Morgan fingerprint density at radius 3 is 2.69 bits per heavy atom. The van der Waals surface area contributed by atoms with Crippen LogP contribution in [-0.4, -0.2) is 48.6 Å². The molecular weight excluding hydrogens is 458 g/mol. The Balaban J connectivity index is 1.37. The first kappa shape index (κ1) is 20.4. The first-order valence-electron chi connectivity index (χ1n) is 11.3. The van der Waals surface area contributed by atoms with E-state index >= 15 is 0 Å². The topological polar surface area (TPSA) is 113 Å². The number of benzene rings is 1. The second kappa shape index (κ2) is 7.77. The summed E-state index contributed by atoms with van der Waals surface area (Å²) in [6, 6.07) is 11.7. The molecule has 0 radical (unpaired) electrons. The van der Waals surface area contributed by atoms with Gasteiger partial charge in [0, 0.05) is 30.6 Å². The van der Waals surface area contributed by atoms with Crippen molar-refractivity contribution in [3.8, 4) is 51.2 Å². The van der Waals surface area contributed by atoms with Crippen LogP contribution in [-0.2, 0) is 7.05 Å². The number of rotatable bonds is 4. The third kappa shape index (κ3) is 3.15. The lowest BCUT2D eigenvalue weighted by atomic mass is 10.1. The Bertz CT molecular complexity index is 1790. The van der Waals surface area contributed by atoms with Crippen molar-refractivity contribution in [1.29, 1.82) is 0 Å². The van der Waals surface area contributed by atoms with Crippen LogP contribution in [0.15, 0.2) is 61.2 Å². The normalized spacial score (nSPS) is 12.5. The van der Waals surface area contributed by atoms with Gasteiger partial charge in [-0.25, -0.2) is 9.97 Å². The molecule has 6 heterocycles. The molecule has 36 heavy (non-hydrogen) atoms. The maximum atomic E-state index is 5.56. The van der Waals surface area contributed by atoms with Crippen LogP contribution in [0.2, 0.25) is 0 Å². The van der Waals surface area contributed by atoms with Crippen LogP contribution in [0.5, 0.6) is 17.2 Å². The van der Waals surface area contributed by atoms with E-state index in [-0.39, 0.29) is 6.79 Å². The molecule has 6 aromatic rings. The lowest BCUT2D eigenvalue weighted by molar-refractivity contribution is 0.174. The fourth-order valence-electron chi connectivity index (χ4n) is 4.45. The maximum absolute atomic E-state index is 5.56. The highest BCUT2D eigenvalue weighted by Gasteiger charge is 2.20. The Morgan fingerprint density at radius 1 is 0.889 bits per heavy atom. The molecule has 1 N–H and O–H groups in total. The fraction of sp³-hybridized carbons (Fsp3) is 0.115. The second-order valence-corrected chi connectivity index (χ2v) is 8.39. The first-order valence-corrected chi connectivity index (χ1v) is 11.3. The summed E-state index contributed by atoms with van der Waals surface area (Å²) in [7, 11) is 3.51. The number of hydrogen-bond acceptors (Lipinski definition) is 8. The minimum atomic E-state index is 0.224. The Morgan fingerprint density at radius 2 is 1.78 bits per heavy atom. The van der Waals surface area contributed by atoms with Crippen molar-refractivity contribution in [2.75, 3.05) is 13.9 Å². The summed E-state index contributed by atoms with van der Waals surface area (Å²) in [5.74, 6) is 2.72. The summed E-state index contributed by atoms with van der Waals surface area (Å²) in [6.07, 6.45) is 6.98. The van der Waals surface area contributed by atoms with Crippen LogP contribution >= 0.6 is 0 Å². The second-order valence-electron chi connectivity index (χ2n) is 8.39. The quantitative estimate of drug-likeness (QED) is 0.398. The lowest BCUT2D eigenvalue weighted by Gasteiger charge is -2.04. The zero-order valence-electron chi connectivity index (χ0n) is 19.4. The van der Waals surface area contributed by atoms with Crippen molar-refractivity contribution < 1.29 is 14.2 Å². The molecule has 1 aromatic carbocycles. The van der Waals surface area contributed by atoms with Gasteiger partial charge < -0.3 is 19.2 Å². The van der Waals surface area contributed by atoms with E-state index in [0.29, 0.717) is 23.0 Å². The summed E-state index contributed by atoms with van der Waals surface area (Å²) < 4.78 is 18.1. The number of ether oxygens (including phenoxy) is 3. The summed E-state index contributed by atoms with van der Waals surface area (Å²) in [6.45, 7) is 0.224. The van der Waals surface area contributed by atoms with Gasteiger partial charge in [0.05, 0.1) is 41.7 Å². The van der Waals surface area contributed by atoms with E-state index in [1.807, 2.05) is 43.4 Å². The van der Waals surface area contributed by atoms with Gasteiger partial charge in [0.25, 0.3) is 0 Å². The first-order chi connectivity index (χ1) is 17.7. The minimum Gasteiger partial charge on any atom is -0.495 e. The Labute approximate surface area is 204 Å². The van der Waals surface area contributed by atoms with Gasteiger partial charge in [0.1, 0.15) is 11.3 Å². The largest absolute Gasteiger partial charge is 0.495 e. The van der Waals surface area contributed by atoms with E-state index in [4.69, 9.17) is 29.3 Å². The molecule has 10 heteroatoms. The van der Waals surface area contributed by atoms with E-state index in [1.165, 1.54) is 0 Å². The number of nitrogens with zero attached hydrogens (tertiary/aromatic N) is 6. The van der Waals surface area contributed by atoms with Gasteiger partial charge in [-0.3, -0.25) is 14.6 Å². The molecule has 176 valence electrons. The van der Waals surface area contributed by atoms with Crippen LogP contribution in [0.3, 0.4) is 0 Å². The molecule has 0 unspecified atom stereocenters. The lowest BCUT2D eigenvalue weighted by Crippen LogP contribution is -1.92. The molecule has 1 aliphatic heterocycles. The predicted molar refractivity (Wildman–Crippen MR) is 133 cm³/mol. The van der Waals surface area contributed by atoms with Gasteiger partial charge in [0.2, 0.25) is 6.79 Å². The van der Waals surface area contributed by atoms with E-state index in [9.17, 15) is 0 Å². The highest BCUT2D eigenvalue weighted by atomic mass is 16.7. The van der Waals surface area contributed by atoms with Crippen molar-refractivity contribution in [3.05, 3.63) is 61.2 Å². The molecule has 10 nitrogen and oxygen atoms in total. The molecule has 0 saturated carbocycles. The standard InChI is InChI=1S/C26H19N7O3/c1-33-20-5-4-18(15-7-16(34-2)10-27-9-15)29-24(20)25(32-33)26-30-19-12-28-11-17(23(19)31-26)14-3-6-21-22(8-14)36-13-35-21/h3-12H,13H2,1-2H3,(H,30,31). The fourth-order valence-corrected chi connectivity index (χ4v) is 4.45. The number of fused-ring (bicyclic) bond motifs is 3. The zero-order valence-corrected chi connectivity index (χ0v) is 19.4. The van der Waals surface area contributed by atoms with E-state index in [1.54, 1.807) is 36.6 Å². The Kier molecular flexibility index (Phi) is 4.40. The number of pyridine rings is 3. The van der Waals surface area contributed by atoms with Gasteiger partial charge in [0.15, 0.2) is 23.0 Å². The van der Waals surface area contributed by atoms with E-state index < -0.39 is 0 Å². The van der Waals surface area contributed by atoms with Crippen molar-refractivity contribution in [3.63, 3.8) is 0 Å². The zero-order chi connectivity index (χ0) is 24.2. The summed E-state index contributed by atoms with van der Waals surface area (Å²) in [5, 5.41) is 4.74. The maximum Gasteiger partial charge on any atom is 0.231 e. The van der Waals surface area contributed by atoms with Crippen LogP contribution in [0, 0.1) is 0 Å². The van der Waals surface area contributed by atoms with Gasteiger partial charge in [-0.05, 0) is 35.9 Å². The molecule has 5 aromatic heterocycles. The average molecular weight is 477 g/mol. The molecule has 0 spiro atoms. The minimum absolute atomic E-state index is 0.224. The van der Waals surface area contributed by atoms with Crippen molar-refractivity contribution in [2.24, 2.45) is 7.05 Å². The summed E-state index contributed by atoms with van der Waals surface area (Å²) >= 11 is 0. The van der Waals surface area contributed by atoms with Crippen molar-refractivity contribution in [2.45, 2.75) is 0 Å². The number of imidazole rings is 1. The van der Waals surface area contributed by atoms with Crippen LogP contribution in [0.25, 0.3) is 56.0 Å². The van der Waals surface area contributed by atoms with Gasteiger partial charge in [-0.2, -0.15) is 5.10 Å². The SMILES string of the molecule is COc1cncc(-c2ccc3c(n2)c(-c2nc4c(-c5ccc6c(c5)OCO6)cncc4[nH]2)nn3C)c1. The average Bonchev–Trinajstić information content (AvgIpc) is 3.64. The highest BCUT2D eigenvalue weighted by molar-refractivity contribution is 5.96. The molecule has 0 saturated heterocycles. The van der Waals surface area contributed by atoms with E-state index in [2.05, 4.69) is 15.0 Å². The molecule has 0 fully saturated rings. The molecule has 0 aliphatic carbocycles. The monoisotopic (exact) mass is 477 g/mol. The summed E-state index contributed by atoms with van der Waals surface area (Å²) in [5.41, 5.74) is 7.29. The molecule has 0 bridgehead atoms. The number of H-pyrrole nitrogens is 1. The number of aromatic amines is 1. The number of hydrogen-bond donors (Lipinski definition) is 1. The smallest absolute Gasteiger partial charge is 0.231 e. The highest BCUT2D eigenvalue weighted by Crippen LogP contribution is 2.38. The van der Waals surface area contributed by atoms with Gasteiger partial charge in [-0.1, -0.05) is 6.07 Å². The molecular formula is C26H19N7O3. The third-order valence-electron chi connectivity index (χ3n) is 6.24. The Hall–Kier alpha value is -4.99. The number of aromatic nitrogens is 7. The van der Waals surface area contributed by atoms with Crippen LogP contribution < -0.4 is 14.2 Å². The van der Waals surface area contributed by atoms with Gasteiger partial charge in [-0.15, -0.1) is 0 Å². The van der Waals surface area contributed by atoms with Crippen molar-refractivity contribution in [1.82, 2.24) is 34.7 Å². The number of methoxy groups -OCH3 is 1. The molecule has 0 amide bonds. The molecule has 7 rings (SSSR count). The van der Waals surface area contributed by atoms with E-state index in [0.717, 1.165) is 50.2 Å².